The summed E-state index contributed by atoms with van der Waals surface area (Å²) in [5.41, 5.74) is 4.21. The summed E-state index contributed by atoms with van der Waals surface area (Å²) in [6.45, 7) is 3.09. The molecule has 0 spiro atoms. The monoisotopic (exact) mass is 483 g/mol. The number of para-hydroxylation sites is 1. The van der Waals surface area contributed by atoms with Crippen molar-refractivity contribution in [3.05, 3.63) is 52.9 Å². The van der Waals surface area contributed by atoms with Crippen LogP contribution in [-0.4, -0.2) is 61.9 Å². The number of morpholine rings is 1. The second kappa shape index (κ2) is 9.92. The number of carbonyl (C=O) groups excluding carboxylic acids is 1. The Balaban J connectivity index is 1.55. The molecule has 2 aliphatic rings. The van der Waals surface area contributed by atoms with Gasteiger partial charge in [-0.2, -0.15) is 0 Å². The van der Waals surface area contributed by atoms with E-state index >= 15 is 0 Å². The number of aromatic nitrogens is 2. The lowest BCUT2D eigenvalue weighted by Crippen LogP contribution is -2.44. The predicted molar refractivity (Wildman–Crippen MR) is 129 cm³/mol. The Kier molecular flexibility index (Phi) is 6.57. The van der Waals surface area contributed by atoms with Crippen molar-refractivity contribution in [2.75, 3.05) is 45.3 Å². The molecule has 0 saturated carbocycles. The van der Waals surface area contributed by atoms with Gasteiger partial charge in [0.15, 0.2) is 5.75 Å². The molecule has 5 rings (SSSR count). The first kappa shape index (κ1) is 22.5. The third kappa shape index (κ3) is 4.42. The molecule has 0 aliphatic carbocycles. The lowest BCUT2D eigenvalue weighted by molar-refractivity contribution is 0.0593. The van der Waals surface area contributed by atoms with Gasteiger partial charge < -0.3 is 35.1 Å². The first-order valence-corrected chi connectivity index (χ1v) is 11.5. The Morgan fingerprint density at radius 2 is 2.21 bits per heavy atom. The molecule has 3 aromatic rings. The quantitative estimate of drug-likeness (QED) is 0.408. The third-order valence-electron chi connectivity index (χ3n) is 5.89. The number of H-pyrrole nitrogens is 1. The van der Waals surface area contributed by atoms with Crippen LogP contribution in [-0.2, 0) is 11.2 Å². The number of fused-ring (bicyclic) bond motifs is 1. The standard InChI is InChI=1S/C24H26ClN5O4/c1-32-23-16(25)3-2-4-18(23)30-22-20-17(6-8-28-24(20)31)29-21(22)15-5-7-26-11-19(15)34-13-14-12-33-10-9-27-14/h2-5,7,11,14,27,29-30H,6,8-10,12-13H2,1H3,(H,28,31). The molecular formula is C24H26ClN5O4. The molecule has 178 valence electrons. The summed E-state index contributed by atoms with van der Waals surface area (Å²) < 4.78 is 17.2. The second-order valence-electron chi connectivity index (χ2n) is 8.09. The number of nitrogens with zero attached hydrogens (tertiary/aromatic N) is 1. The number of aromatic amines is 1. The number of pyridine rings is 1. The first-order valence-electron chi connectivity index (χ1n) is 11.2. The van der Waals surface area contributed by atoms with Gasteiger partial charge in [-0.1, -0.05) is 17.7 Å². The van der Waals surface area contributed by atoms with Crippen molar-refractivity contribution in [1.82, 2.24) is 20.6 Å². The minimum absolute atomic E-state index is 0.0951. The summed E-state index contributed by atoms with van der Waals surface area (Å²) in [5, 5.41) is 10.2. The summed E-state index contributed by atoms with van der Waals surface area (Å²) >= 11 is 6.34. The SMILES string of the molecule is COc1c(Cl)cccc1Nc1c(-c2ccncc2OCC2COCCN2)[nH]c2c1C(=O)NCC2. The van der Waals surface area contributed by atoms with Gasteiger partial charge in [0.2, 0.25) is 0 Å². The molecule has 1 atom stereocenters. The molecule has 0 bridgehead atoms. The van der Waals surface area contributed by atoms with Crippen LogP contribution in [0.5, 0.6) is 11.5 Å². The number of nitrogens with one attached hydrogen (secondary N) is 4. The van der Waals surface area contributed by atoms with E-state index in [1.54, 1.807) is 25.6 Å². The molecule has 34 heavy (non-hydrogen) atoms. The smallest absolute Gasteiger partial charge is 0.255 e. The molecule has 1 amide bonds. The molecular weight excluding hydrogens is 458 g/mol. The van der Waals surface area contributed by atoms with Crippen LogP contribution in [0.3, 0.4) is 0 Å². The fourth-order valence-corrected chi connectivity index (χ4v) is 4.53. The van der Waals surface area contributed by atoms with Crippen LogP contribution in [0.4, 0.5) is 11.4 Å². The van der Waals surface area contributed by atoms with Gasteiger partial charge in [-0.15, -0.1) is 0 Å². The van der Waals surface area contributed by atoms with Crippen molar-refractivity contribution < 1.29 is 19.0 Å². The van der Waals surface area contributed by atoms with E-state index in [4.69, 9.17) is 25.8 Å². The molecule has 0 radical (unpaired) electrons. The van der Waals surface area contributed by atoms with E-state index in [0.717, 1.165) is 23.5 Å². The lowest BCUT2D eigenvalue weighted by atomic mass is 10.0. The number of amides is 1. The van der Waals surface area contributed by atoms with Crippen LogP contribution < -0.4 is 25.4 Å². The number of rotatable bonds is 7. The molecule has 1 aromatic carbocycles. The zero-order valence-corrected chi connectivity index (χ0v) is 19.5. The molecule has 4 N–H and O–H groups in total. The van der Waals surface area contributed by atoms with Crippen LogP contribution in [0.2, 0.25) is 5.02 Å². The van der Waals surface area contributed by atoms with Crippen molar-refractivity contribution in [2.24, 2.45) is 0 Å². The fourth-order valence-electron chi connectivity index (χ4n) is 4.27. The second-order valence-corrected chi connectivity index (χ2v) is 8.50. The summed E-state index contributed by atoms with van der Waals surface area (Å²) in [4.78, 5) is 20.6. The van der Waals surface area contributed by atoms with Gasteiger partial charge in [0.05, 0.1) is 60.2 Å². The van der Waals surface area contributed by atoms with E-state index < -0.39 is 0 Å². The lowest BCUT2D eigenvalue weighted by Gasteiger charge is -2.24. The van der Waals surface area contributed by atoms with E-state index in [1.807, 2.05) is 18.2 Å². The molecule has 2 aliphatic heterocycles. The Bertz CT molecular complexity index is 1190. The topological polar surface area (TPSA) is 110 Å². The van der Waals surface area contributed by atoms with Gasteiger partial charge in [0.1, 0.15) is 12.4 Å². The number of ether oxygens (including phenoxy) is 3. The van der Waals surface area contributed by atoms with Gasteiger partial charge in [0, 0.05) is 37.0 Å². The van der Waals surface area contributed by atoms with E-state index in [-0.39, 0.29) is 11.9 Å². The average molecular weight is 484 g/mol. The fraction of sp³-hybridized carbons (Fsp3) is 0.333. The maximum Gasteiger partial charge on any atom is 0.255 e. The summed E-state index contributed by atoms with van der Waals surface area (Å²) in [5.74, 6) is 0.957. The molecule has 1 unspecified atom stereocenters. The highest BCUT2D eigenvalue weighted by molar-refractivity contribution is 6.32. The van der Waals surface area contributed by atoms with E-state index in [9.17, 15) is 4.79 Å². The van der Waals surface area contributed by atoms with Crippen LogP contribution in [0, 0.1) is 0 Å². The van der Waals surface area contributed by atoms with Crippen LogP contribution >= 0.6 is 11.6 Å². The number of carbonyl (C=O) groups is 1. The molecule has 2 aromatic heterocycles. The normalized spacial score (nSPS) is 17.6. The average Bonchev–Trinajstić information content (AvgIpc) is 3.23. The highest BCUT2D eigenvalue weighted by atomic mass is 35.5. The van der Waals surface area contributed by atoms with Gasteiger partial charge in [-0.05, 0) is 18.2 Å². The largest absolute Gasteiger partial charge is 0.493 e. The third-order valence-corrected chi connectivity index (χ3v) is 6.19. The Morgan fingerprint density at radius 1 is 1.29 bits per heavy atom. The highest BCUT2D eigenvalue weighted by Gasteiger charge is 2.29. The first-order chi connectivity index (χ1) is 16.7. The molecule has 1 fully saturated rings. The number of methoxy groups -OCH3 is 1. The number of benzene rings is 1. The van der Waals surface area contributed by atoms with Gasteiger partial charge in [0.25, 0.3) is 5.91 Å². The van der Waals surface area contributed by atoms with E-state index in [0.29, 0.717) is 66.2 Å². The minimum Gasteiger partial charge on any atom is -0.493 e. The molecule has 9 nitrogen and oxygen atoms in total. The zero-order valence-electron chi connectivity index (χ0n) is 18.7. The van der Waals surface area contributed by atoms with Crippen LogP contribution in [0.1, 0.15) is 16.1 Å². The Labute approximate surface area is 202 Å². The maximum absolute atomic E-state index is 12.9. The van der Waals surface area contributed by atoms with Crippen molar-refractivity contribution in [2.45, 2.75) is 12.5 Å². The van der Waals surface area contributed by atoms with Gasteiger partial charge in [-0.3, -0.25) is 9.78 Å². The summed E-state index contributed by atoms with van der Waals surface area (Å²) in [6.07, 6.45) is 4.07. The van der Waals surface area contributed by atoms with Gasteiger partial charge >= 0.3 is 0 Å². The van der Waals surface area contributed by atoms with E-state index in [1.165, 1.54) is 0 Å². The number of halogens is 1. The van der Waals surface area contributed by atoms with Crippen molar-refractivity contribution in [1.29, 1.82) is 0 Å². The van der Waals surface area contributed by atoms with Crippen molar-refractivity contribution >= 4 is 28.9 Å². The molecule has 10 heteroatoms. The molecule has 4 heterocycles. The number of hydrogen-bond donors (Lipinski definition) is 4. The summed E-state index contributed by atoms with van der Waals surface area (Å²) in [7, 11) is 1.56. The number of anilines is 2. The number of hydrogen-bond acceptors (Lipinski definition) is 7. The van der Waals surface area contributed by atoms with Gasteiger partial charge in [-0.25, -0.2) is 0 Å². The maximum atomic E-state index is 12.9. The Morgan fingerprint density at radius 3 is 3.03 bits per heavy atom. The minimum atomic E-state index is -0.146. The highest BCUT2D eigenvalue weighted by Crippen LogP contribution is 2.42. The van der Waals surface area contributed by atoms with Crippen LogP contribution in [0.15, 0.2) is 36.7 Å². The zero-order chi connectivity index (χ0) is 23.5. The van der Waals surface area contributed by atoms with Crippen molar-refractivity contribution in [3.63, 3.8) is 0 Å². The molecule has 1 saturated heterocycles. The summed E-state index contributed by atoms with van der Waals surface area (Å²) in [6, 6.07) is 7.40. The Hall–Kier alpha value is -3.27. The van der Waals surface area contributed by atoms with E-state index in [2.05, 4.69) is 25.9 Å². The van der Waals surface area contributed by atoms with Crippen molar-refractivity contribution in [3.8, 4) is 22.8 Å². The predicted octanol–water partition coefficient (Wildman–Crippen LogP) is 3.14. The van der Waals surface area contributed by atoms with Crippen LogP contribution in [0.25, 0.3) is 11.3 Å².